The van der Waals surface area contributed by atoms with Gasteiger partial charge in [-0.25, -0.2) is 4.79 Å². The van der Waals surface area contributed by atoms with E-state index in [-0.39, 0.29) is 0 Å². The van der Waals surface area contributed by atoms with Gasteiger partial charge in [-0.2, -0.15) is 0 Å². The first-order valence-corrected chi connectivity index (χ1v) is 6.91. The molecule has 3 heteroatoms. The number of aryl methyl sites for hydroxylation is 3. The van der Waals surface area contributed by atoms with Crippen LogP contribution in [0.25, 0.3) is 0 Å². The summed E-state index contributed by atoms with van der Waals surface area (Å²) in [6.07, 6.45) is 3.49. The van der Waals surface area contributed by atoms with Crippen LogP contribution in [-0.2, 0) is 16.0 Å². The predicted molar refractivity (Wildman–Crippen MR) is 76.5 cm³/mol. The van der Waals surface area contributed by atoms with E-state index in [1.165, 1.54) is 16.7 Å². The van der Waals surface area contributed by atoms with Gasteiger partial charge >= 0.3 is 5.97 Å². The van der Waals surface area contributed by atoms with E-state index >= 15 is 0 Å². The van der Waals surface area contributed by atoms with Gasteiger partial charge in [-0.1, -0.05) is 24.6 Å². The zero-order valence-electron chi connectivity index (χ0n) is 12.1. The summed E-state index contributed by atoms with van der Waals surface area (Å²) in [5, 5.41) is 8.66. The van der Waals surface area contributed by atoms with E-state index in [9.17, 15) is 4.79 Å². The van der Waals surface area contributed by atoms with Gasteiger partial charge in [0.25, 0.3) is 0 Å². The monoisotopic (exact) mass is 264 g/mol. The van der Waals surface area contributed by atoms with Crippen LogP contribution in [0.15, 0.2) is 18.2 Å². The van der Waals surface area contributed by atoms with Gasteiger partial charge in [-0.3, -0.25) is 0 Å². The maximum atomic E-state index is 10.5. The molecule has 1 aromatic carbocycles. The number of ether oxygens (including phenoxy) is 1. The van der Waals surface area contributed by atoms with E-state index < -0.39 is 12.1 Å². The highest BCUT2D eigenvalue weighted by Crippen LogP contribution is 2.12. The molecular formula is C16H24O3. The second-order valence-corrected chi connectivity index (χ2v) is 5.08. The van der Waals surface area contributed by atoms with Gasteiger partial charge in [-0.15, -0.1) is 0 Å². The van der Waals surface area contributed by atoms with Gasteiger partial charge in [0.05, 0.1) is 0 Å². The minimum Gasteiger partial charge on any atom is -0.479 e. The van der Waals surface area contributed by atoms with Crippen molar-refractivity contribution in [3.8, 4) is 0 Å². The van der Waals surface area contributed by atoms with Gasteiger partial charge in [-0.05, 0) is 56.7 Å². The number of benzene rings is 1. The molecule has 0 bridgehead atoms. The van der Waals surface area contributed by atoms with Crippen LogP contribution in [0.4, 0.5) is 0 Å². The Morgan fingerprint density at radius 1 is 1.21 bits per heavy atom. The second-order valence-electron chi connectivity index (χ2n) is 5.08. The maximum Gasteiger partial charge on any atom is 0.332 e. The van der Waals surface area contributed by atoms with Crippen LogP contribution in [0.3, 0.4) is 0 Å². The Hall–Kier alpha value is -1.35. The Kier molecular flexibility index (Phi) is 6.57. The quantitative estimate of drug-likeness (QED) is 0.731. The molecular weight excluding hydrogens is 240 g/mol. The fourth-order valence-corrected chi connectivity index (χ4v) is 1.90. The average Bonchev–Trinajstić information content (AvgIpc) is 2.37. The number of aliphatic carboxylic acids is 1. The van der Waals surface area contributed by atoms with Crippen LogP contribution in [0.1, 0.15) is 42.9 Å². The van der Waals surface area contributed by atoms with Crippen LogP contribution in [0.2, 0.25) is 0 Å². The van der Waals surface area contributed by atoms with Crippen molar-refractivity contribution < 1.29 is 14.6 Å². The molecule has 1 unspecified atom stereocenters. The van der Waals surface area contributed by atoms with Gasteiger partial charge in [0.1, 0.15) is 0 Å². The molecule has 19 heavy (non-hydrogen) atoms. The number of rotatable bonds is 8. The lowest BCUT2D eigenvalue weighted by Crippen LogP contribution is -2.20. The first-order chi connectivity index (χ1) is 9.00. The Morgan fingerprint density at radius 3 is 2.58 bits per heavy atom. The average molecular weight is 264 g/mol. The van der Waals surface area contributed by atoms with Crippen LogP contribution in [-0.4, -0.2) is 23.8 Å². The predicted octanol–water partition coefficient (Wildman–Crippen LogP) is 3.51. The summed E-state index contributed by atoms with van der Waals surface area (Å²) in [6, 6.07) is 6.60. The fourth-order valence-electron chi connectivity index (χ4n) is 1.90. The molecule has 0 heterocycles. The Morgan fingerprint density at radius 2 is 1.95 bits per heavy atom. The van der Waals surface area contributed by atoms with E-state index in [4.69, 9.17) is 9.84 Å². The highest BCUT2D eigenvalue weighted by molar-refractivity contribution is 5.71. The molecule has 3 nitrogen and oxygen atoms in total. The van der Waals surface area contributed by atoms with Gasteiger partial charge < -0.3 is 9.84 Å². The summed E-state index contributed by atoms with van der Waals surface area (Å²) >= 11 is 0. The minimum atomic E-state index is -0.893. The fraction of sp³-hybridized carbons (Fsp3) is 0.562. The third kappa shape index (κ3) is 5.88. The summed E-state index contributed by atoms with van der Waals surface area (Å²) in [7, 11) is 0. The Labute approximate surface area is 115 Å². The van der Waals surface area contributed by atoms with Gasteiger partial charge in [0.2, 0.25) is 0 Å². The summed E-state index contributed by atoms with van der Waals surface area (Å²) in [5.41, 5.74) is 4.05. The molecule has 1 N–H and O–H groups in total. The SMILES string of the molecule is Cc1ccc(CCCCCOC(C)C(=O)O)cc1C. The third-order valence-electron chi connectivity index (χ3n) is 3.40. The summed E-state index contributed by atoms with van der Waals surface area (Å²) in [4.78, 5) is 10.5. The zero-order chi connectivity index (χ0) is 14.3. The first kappa shape index (κ1) is 15.7. The Balaban J connectivity index is 2.14. The molecule has 1 aromatic rings. The zero-order valence-corrected chi connectivity index (χ0v) is 12.1. The van der Waals surface area contributed by atoms with Crippen molar-refractivity contribution in [3.05, 3.63) is 34.9 Å². The number of hydrogen-bond acceptors (Lipinski definition) is 2. The smallest absolute Gasteiger partial charge is 0.332 e. The molecule has 0 spiro atoms. The molecule has 1 rings (SSSR count). The largest absolute Gasteiger partial charge is 0.479 e. The van der Waals surface area contributed by atoms with Crippen molar-refractivity contribution in [3.63, 3.8) is 0 Å². The highest BCUT2D eigenvalue weighted by atomic mass is 16.5. The third-order valence-corrected chi connectivity index (χ3v) is 3.40. The molecule has 1 atom stereocenters. The summed E-state index contributed by atoms with van der Waals surface area (Å²) < 4.78 is 5.19. The van der Waals surface area contributed by atoms with Gasteiger partial charge in [0.15, 0.2) is 6.10 Å². The topological polar surface area (TPSA) is 46.5 Å². The maximum absolute atomic E-state index is 10.5. The van der Waals surface area contributed by atoms with E-state index in [0.29, 0.717) is 6.61 Å². The van der Waals surface area contributed by atoms with E-state index in [1.807, 2.05) is 0 Å². The van der Waals surface area contributed by atoms with Crippen LogP contribution in [0.5, 0.6) is 0 Å². The van der Waals surface area contributed by atoms with Crippen molar-refractivity contribution in [2.45, 2.75) is 52.6 Å². The summed E-state index contributed by atoms with van der Waals surface area (Å²) in [6.45, 7) is 6.36. The Bertz CT molecular complexity index is 412. The normalized spacial score (nSPS) is 12.4. The molecule has 0 amide bonds. The molecule has 0 saturated heterocycles. The molecule has 0 fully saturated rings. The first-order valence-electron chi connectivity index (χ1n) is 6.91. The number of hydrogen-bond donors (Lipinski definition) is 1. The van der Waals surface area contributed by atoms with Crippen molar-refractivity contribution in [2.75, 3.05) is 6.61 Å². The van der Waals surface area contributed by atoms with Crippen LogP contribution in [0, 0.1) is 13.8 Å². The molecule has 0 radical (unpaired) electrons. The lowest BCUT2D eigenvalue weighted by Gasteiger charge is -2.08. The number of unbranched alkanes of at least 4 members (excludes halogenated alkanes) is 2. The lowest BCUT2D eigenvalue weighted by atomic mass is 10.0. The van der Waals surface area contributed by atoms with Crippen molar-refractivity contribution in [1.82, 2.24) is 0 Å². The molecule has 0 aliphatic carbocycles. The van der Waals surface area contributed by atoms with Crippen LogP contribution >= 0.6 is 0 Å². The molecule has 0 saturated carbocycles. The number of carboxylic acid groups (broad SMARTS) is 1. The van der Waals surface area contributed by atoms with E-state index in [2.05, 4.69) is 32.0 Å². The standard InChI is InChI=1S/C16H24O3/c1-12-8-9-15(11-13(12)2)7-5-4-6-10-19-14(3)16(17)18/h8-9,11,14H,4-7,10H2,1-3H3,(H,17,18). The molecule has 0 aliphatic rings. The van der Waals surface area contributed by atoms with Crippen molar-refractivity contribution in [2.24, 2.45) is 0 Å². The minimum absolute atomic E-state index is 0.528. The molecule has 106 valence electrons. The number of carboxylic acids is 1. The van der Waals surface area contributed by atoms with Gasteiger partial charge in [0, 0.05) is 6.61 Å². The molecule has 0 aliphatic heterocycles. The van der Waals surface area contributed by atoms with E-state index in [1.54, 1.807) is 6.92 Å². The van der Waals surface area contributed by atoms with Crippen molar-refractivity contribution in [1.29, 1.82) is 0 Å². The second kappa shape index (κ2) is 7.95. The highest BCUT2D eigenvalue weighted by Gasteiger charge is 2.09. The number of carbonyl (C=O) groups is 1. The van der Waals surface area contributed by atoms with Crippen LogP contribution < -0.4 is 0 Å². The van der Waals surface area contributed by atoms with Crippen molar-refractivity contribution >= 4 is 5.97 Å². The lowest BCUT2D eigenvalue weighted by molar-refractivity contribution is -0.149. The summed E-state index contributed by atoms with van der Waals surface area (Å²) in [5.74, 6) is -0.893. The molecule has 0 aromatic heterocycles. The van der Waals surface area contributed by atoms with E-state index in [0.717, 1.165) is 25.7 Å².